The highest BCUT2D eigenvalue weighted by Gasteiger charge is 2.21. The fraction of sp³-hybridized carbons (Fsp3) is 0.294. The van der Waals surface area contributed by atoms with E-state index in [9.17, 15) is 18.3 Å². The molecule has 0 spiro atoms. The van der Waals surface area contributed by atoms with Crippen molar-refractivity contribution in [3.05, 3.63) is 51.7 Å². The highest BCUT2D eigenvalue weighted by atomic mass is 32.2. The van der Waals surface area contributed by atoms with Crippen LogP contribution in [0.3, 0.4) is 0 Å². The minimum Gasteiger partial charge on any atom is -0.476 e. The van der Waals surface area contributed by atoms with Gasteiger partial charge in [-0.15, -0.1) is 0 Å². The van der Waals surface area contributed by atoms with Crippen LogP contribution in [0.1, 0.15) is 36.5 Å². The summed E-state index contributed by atoms with van der Waals surface area (Å²) in [6.07, 6.45) is 2.57. The number of carboxylic acids is 1. The molecule has 1 N–H and O–H groups in total. The van der Waals surface area contributed by atoms with Crippen LogP contribution in [0.25, 0.3) is 0 Å². The summed E-state index contributed by atoms with van der Waals surface area (Å²) in [7, 11) is -4.17. The largest absolute Gasteiger partial charge is 0.476 e. The van der Waals surface area contributed by atoms with Gasteiger partial charge in [0.1, 0.15) is 4.90 Å². The minimum absolute atomic E-state index is 0.0805. The molecule has 0 fully saturated rings. The lowest BCUT2D eigenvalue weighted by atomic mass is 10.0. The molecular formula is C17H19NO5S2. The van der Waals surface area contributed by atoms with Gasteiger partial charge in [0.05, 0.1) is 0 Å². The van der Waals surface area contributed by atoms with E-state index >= 15 is 0 Å². The van der Waals surface area contributed by atoms with Gasteiger partial charge in [-0.2, -0.15) is 19.8 Å². The quantitative estimate of drug-likeness (QED) is 0.557. The summed E-state index contributed by atoms with van der Waals surface area (Å²) >= 11 is 1.34. The van der Waals surface area contributed by atoms with Crippen molar-refractivity contribution < 1.29 is 22.6 Å². The fourth-order valence-electron chi connectivity index (χ4n) is 2.13. The Bertz CT molecular complexity index is 867. The molecular weight excluding hydrogens is 362 g/mol. The van der Waals surface area contributed by atoms with Crippen molar-refractivity contribution in [2.24, 2.45) is 5.16 Å². The minimum atomic E-state index is -4.17. The van der Waals surface area contributed by atoms with E-state index in [1.54, 1.807) is 17.5 Å². The molecule has 134 valence electrons. The Morgan fingerprint density at radius 1 is 1.24 bits per heavy atom. The van der Waals surface area contributed by atoms with E-state index in [1.165, 1.54) is 23.5 Å². The van der Waals surface area contributed by atoms with Gasteiger partial charge in [0.15, 0.2) is 5.71 Å². The first kappa shape index (κ1) is 19.1. The van der Waals surface area contributed by atoms with Gasteiger partial charge in [-0.3, -0.25) is 4.28 Å². The highest BCUT2D eigenvalue weighted by molar-refractivity contribution is 7.86. The van der Waals surface area contributed by atoms with Crippen molar-refractivity contribution in [1.82, 2.24) is 0 Å². The van der Waals surface area contributed by atoms with Crippen LogP contribution in [0, 0.1) is 6.92 Å². The molecule has 1 heterocycles. The molecule has 0 aliphatic carbocycles. The lowest BCUT2D eigenvalue weighted by Gasteiger charge is -2.05. The number of oxime groups is 1. The number of hydrogen-bond acceptors (Lipinski definition) is 6. The second kappa shape index (κ2) is 8.26. The first-order valence-corrected chi connectivity index (χ1v) is 10.1. The Labute approximate surface area is 150 Å². The van der Waals surface area contributed by atoms with E-state index in [4.69, 9.17) is 0 Å². The van der Waals surface area contributed by atoms with Gasteiger partial charge >= 0.3 is 16.1 Å². The standard InChI is InChI=1S/C17H19NO5S2/c1-3-4-5-13-10-24-11-15(13)16(17(19)20)18-23-25(21,22)14-8-6-12(2)7-9-14/h6-11H,3-5H2,1-2H3,(H,19,20). The van der Waals surface area contributed by atoms with E-state index in [0.717, 1.165) is 24.0 Å². The Balaban J connectivity index is 2.30. The summed E-state index contributed by atoms with van der Waals surface area (Å²) in [4.78, 5) is 11.4. The molecule has 0 aliphatic rings. The summed E-state index contributed by atoms with van der Waals surface area (Å²) in [5.74, 6) is -1.34. The summed E-state index contributed by atoms with van der Waals surface area (Å²) in [5.41, 5.74) is 1.70. The van der Waals surface area contributed by atoms with Crippen LogP contribution >= 0.6 is 11.3 Å². The average Bonchev–Trinajstić information content (AvgIpc) is 3.01. The first-order chi connectivity index (χ1) is 11.8. The zero-order chi connectivity index (χ0) is 18.4. The number of thiophene rings is 1. The van der Waals surface area contributed by atoms with Gasteiger partial charge < -0.3 is 5.11 Å². The number of nitrogens with zero attached hydrogens (tertiary/aromatic N) is 1. The molecule has 1 aromatic carbocycles. The third-order valence-electron chi connectivity index (χ3n) is 3.54. The Morgan fingerprint density at radius 2 is 1.92 bits per heavy atom. The maximum absolute atomic E-state index is 12.2. The van der Waals surface area contributed by atoms with Gasteiger partial charge in [0, 0.05) is 10.9 Å². The first-order valence-electron chi connectivity index (χ1n) is 7.72. The number of carbonyl (C=O) groups is 1. The van der Waals surface area contributed by atoms with Crippen molar-refractivity contribution in [1.29, 1.82) is 0 Å². The van der Waals surface area contributed by atoms with E-state index in [0.29, 0.717) is 12.0 Å². The highest BCUT2D eigenvalue weighted by Crippen LogP contribution is 2.20. The number of hydrogen-bond donors (Lipinski definition) is 1. The molecule has 0 amide bonds. The number of unbranched alkanes of at least 4 members (excludes halogenated alkanes) is 1. The second-order valence-electron chi connectivity index (χ2n) is 5.50. The van der Waals surface area contributed by atoms with Gasteiger partial charge in [-0.25, -0.2) is 4.79 Å². The van der Waals surface area contributed by atoms with Crippen molar-refractivity contribution in [2.75, 3.05) is 0 Å². The second-order valence-corrected chi connectivity index (χ2v) is 7.77. The van der Waals surface area contributed by atoms with Crippen LogP contribution in [0.5, 0.6) is 0 Å². The third kappa shape index (κ3) is 4.90. The van der Waals surface area contributed by atoms with Crippen molar-refractivity contribution in [2.45, 2.75) is 38.0 Å². The number of aliphatic carboxylic acids is 1. The number of benzene rings is 1. The molecule has 0 aliphatic heterocycles. The third-order valence-corrected chi connectivity index (χ3v) is 5.45. The average molecular weight is 381 g/mol. The molecule has 0 saturated carbocycles. The summed E-state index contributed by atoms with van der Waals surface area (Å²) in [6.45, 7) is 3.86. The Kier molecular flexibility index (Phi) is 6.33. The van der Waals surface area contributed by atoms with Crippen molar-refractivity contribution in [3.63, 3.8) is 0 Å². The predicted octanol–water partition coefficient (Wildman–Crippen LogP) is 3.59. The van der Waals surface area contributed by atoms with Crippen LogP contribution < -0.4 is 0 Å². The summed E-state index contributed by atoms with van der Waals surface area (Å²) < 4.78 is 29.0. The lowest BCUT2D eigenvalue weighted by Crippen LogP contribution is -2.17. The maximum Gasteiger partial charge on any atom is 0.358 e. The van der Waals surface area contributed by atoms with Crippen LogP contribution in [-0.2, 0) is 25.6 Å². The summed E-state index contributed by atoms with van der Waals surface area (Å²) in [6, 6.07) is 6.02. The topological polar surface area (TPSA) is 93.0 Å². The molecule has 2 aromatic rings. The molecule has 25 heavy (non-hydrogen) atoms. The molecule has 0 radical (unpaired) electrons. The molecule has 1 aromatic heterocycles. The Hall–Kier alpha value is -2.19. The normalized spacial score (nSPS) is 12.2. The summed E-state index contributed by atoms with van der Waals surface area (Å²) in [5, 5.41) is 16.3. The fourth-order valence-corrected chi connectivity index (χ4v) is 3.73. The van der Waals surface area contributed by atoms with Gasteiger partial charge in [0.2, 0.25) is 0 Å². The Morgan fingerprint density at radius 3 is 2.52 bits per heavy atom. The molecule has 0 atom stereocenters. The van der Waals surface area contributed by atoms with Gasteiger partial charge in [-0.05, 0) is 42.8 Å². The van der Waals surface area contributed by atoms with Crippen LogP contribution in [0.2, 0.25) is 0 Å². The molecule has 0 saturated heterocycles. The molecule has 0 bridgehead atoms. The number of aryl methyl sites for hydroxylation is 2. The maximum atomic E-state index is 12.2. The van der Waals surface area contributed by atoms with E-state index in [-0.39, 0.29) is 4.90 Å². The lowest BCUT2D eigenvalue weighted by molar-refractivity contribution is -0.129. The smallest absolute Gasteiger partial charge is 0.358 e. The van der Waals surface area contributed by atoms with Gasteiger partial charge in [0.25, 0.3) is 0 Å². The predicted molar refractivity (Wildman–Crippen MR) is 96.6 cm³/mol. The van der Waals surface area contributed by atoms with E-state index in [2.05, 4.69) is 9.44 Å². The monoisotopic (exact) mass is 381 g/mol. The molecule has 2 rings (SSSR count). The molecule has 0 unspecified atom stereocenters. The number of carboxylic acid groups (broad SMARTS) is 1. The van der Waals surface area contributed by atoms with Crippen LogP contribution in [0.4, 0.5) is 0 Å². The van der Waals surface area contributed by atoms with Gasteiger partial charge in [-0.1, -0.05) is 36.2 Å². The number of rotatable bonds is 8. The zero-order valence-corrected chi connectivity index (χ0v) is 15.6. The van der Waals surface area contributed by atoms with Crippen LogP contribution in [0.15, 0.2) is 45.1 Å². The van der Waals surface area contributed by atoms with E-state index < -0.39 is 21.8 Å². The molecule has 6 nitrogen and oxygen atoms in total. The van der Waals surface area contributed by atoms with E-state index in [1.807, 2.05) is 19.2 Å². The van der Waals surface area contributed by atoms with Crippen molar-refractivity contribution >= 4 is 33.1 Å². The van der Waals surface area contributed by atoms with Crippen molar-refractivity contribution in [3.8, 4) is 0 Å². The SMILES string of the molecule is CCCCc1cscc1C(=NOS(=O)(=O)c1ccc(C)cc1)C(=O)O. The zero-order valence-electron chi connectivity index (χ0n) is 13.9. The molecule has 8 heteroatoms. The van der Waals surface area contributed by atoms with Crippen LogP contribution in [-0.4, -0.2) is 25.2 Å².